The summed E-state index contributed by atoms with van der Waals surface area (Å²) in [5.74, 6) is 0.161. The van der Waals surface area contributed by atoms with Gasteiger partial charge in [-0.3, -0.25) is 4.79 Å². The number of benzene rings is 2. The number of carbonyl (C=O) groups excluding carboxylic acids is 1. The molecule has 0 bridgehead atoms. The molecule has 0 aliphatic carbocycles. The van der Waals surface area contributed by atoms with Crippen LogP contribution in [0.4, 0.5) is 10.1 Å². The van der Waals surface area contributed by atoms with Crippen molar-refractivity contribution in [2.24, 2.45) is 0 Å². The van der Waals surface area contributed by atoms with Gasteiger partial charge >= 0.3 is 0 Å². The Morgan fingerprint density at radius 3 is 2.81 bits per heavy atom. The van der Waals surface area contributed by atoms with Crippen LogP contribution in [0.1, 0.15) is 28.4 Å². The number of nitriles is 1. The summed E-state index contributed by atoms with van der Waals surface area (Å²) < 4.78 is 19.1. The summed E-state index contributed by atoms with van der Waals surface area (Å²) in [4.78, 5) is 16.0. The van der Waals surface area contributed by atoms with Gasteiger partial charge in [0.1, 0.15) is 11.6 Å². The number of ether oxygens (including phenoxy) is 1. The van der Waals surface area contributed by atoms with Gasteiger partial charge in [-0.15, -0.1) is 0 Å². The Morgan fingerprint density at radius 1 is 1.22 bits per heavy atom. The first-order valence-corrected chi connectivity index (χ1v) is 8.23. The number of nitrogens with zero attached hydrogens (tertiary/aromatic N) is 2. The van der Waals surface area contributed by atoms with Crippen molar-refractivity contribution in [2.45, 2.75) is 13.5 Å². The number of carbonyl (C=O) groups is 1. The number of anilines is 1. The zero-order valence-electron chi connectivity index (χ0n) is 14.6. The van der Waals surface area contributed by atoms with Gasteiger partial charge in [0.05, 0.1) is 11.6 Å². The molecule has 1 N–H and O–H groups in total. The number of hydrogen-bond acceptors (Lipinski definition) is 5. The lowest BCUT2D eigenvalue weighted by molar-refractivity contribution is 0.101. The third kappa shape index (κ3) is 4.47. The molecule has 0 unspecified atom stereocenters. The number of nitrogens with one attached hydrogen (secondary N) is 1. The van der Waals surface area contributed by atoms with Crippen molar-refractivity contribution in [1.29, 1.82) is 5.26 Å². The molecule has 1 heterocycles. The number of aromatic nitrogens is 1. The monoisotopic (exact) mass is 361 g/mol. The van der Waals surface area contributed by atoms with Crippen LogP contribution in [0.2, 0.25) is 0 Å². The van der Waals surface area contributed by atoms with E-state index in [1.54, 1.807) is 42.6 Å². The van der Waals surface area contributed by atoms with Crippen LogP contribution < -0.4 is 10.1 Å². The number of halogens is 1. The fourth-order valence-electron chi connectivity index (χ4n) is 2.55. The molecule has 27 heavy (non-hydrogen) atoms. The second-order valence-electron chi connectivity index (χ2n) is 5.81. The highest BCUT2D eigenvalue weighted by Crippen LogP contribution is 2.25. The lowest BCUT2D eigenvalue weighted by atomic mass is 10.1. The Hall–Kier alpha value is -3.72. The van der Waals surface area contributed by atoms with Gasteiger partial charge in [0.15, 0.2) is 5.78 Å². The smallest absolute Gasteiger partial charge is 0.224 e. The summed E-state index contributed by atoms with van der Waals surface area (Å²) in [6.07, 6.45) is 1.58. The Bertz CT molecular complexity index is 1030. The van der Waals surface area contributed by atoms with Gasteiger partial charge in [-0.2, -0.15) is 5.26 Å². The second-order valence-corrected chi connectivity index (χ2v) is 5.81. The lowest BCUT2D eigenvalue weighted by Gasteiger charge is -2.13. The molecule has 0 aliphatic heterocycles. The second kappa shape index (κ2) is 8.11. The molecule has 5 nitrogen and oxygen atoms in total. The van der Waals surface area contributed by atoms with Gasteiger partial charge in [0, 0.05) is 35.6 Å². The van der Waals surface area contributed by atoms with E-state index >= 15 is 0 Å². The zero-order valence-corrected chi connectivity index (χ0v) is 14.6. The van der Waals surface area contributed by atoms with E-state index in [1.165, 1.54) is 19.1 Å². The summed E-state index contributed by atoms with van der Waals surface area (Å²) >= 11 is 0. The normalized spacial score (nSPS) is 10.1. The van der Waals surface area contributed by atoms with Crippen molar-refractivity contribution in [3.05, 3.63) is 83.3 Å². The molecule has 0 saturated carbocycles. The third-order valence-corrected chi connectivity index (χ3v) is 3.86. The Morgan fingerprint density at radius 2 is 2.07 bits per heavy atom. The fraction of sp³-hybridized carbons (Fsp3) is 0.0952. The van der Waals surface area contributed by atoms with Gasteiger partial charge in [0.25, 0.3) is 0 Å². The molecular formula is C21H16FN3O2. The highest BCUT2D eigenvalue weighted by molar-refractivity contribution is 5.99. The van der Waals surface area contributed by atoms with Gasteiger partial charge in [-0.1, -0.05) is 12.1 Å². The zero-order chi connectivity index (χ0) is 19.2. The van der Waals surface area contributed by atoms with E-state index < -0.39 is 5.82 Å². The van der Waals surface area contributed by atoms with E-state index in [0.29, 0.717) is 35.0 Å². The predicted molar refractivity (Wildman–Crippen MR) is 99.2 cm³/mol. The minimum Gasteiger partial charge on any atom is -0.439 e. The van der Waals surface area contributed by atoms with E-state index in [1.807, 2.05) is 6.07 Å². The van der Waals surface area contributed by atoms with Crippen molar-refractivity contribution >= 4 is 11.5 Å². The molecule has 0 saturated heterocycles. The number of ketones is 1. The number of rotatable bonds is 6. The molecule has 0 fully saturated rings. The van der Waals surface area contributed by atoms with Crippen molar-refractivity contribution in [3.8, 4) is 17.7 Å². The van der Waals surface area contributed by atoms with Gasteiger partial charge in [-0.05, 0) is 43.3 Å². The maximum absolute atomic E-state index is 13.4. The van der Waals surface area contributed by atoms with Gasteiger partial charge < -0.3 is 10.1 Å². The average molecular weight is 361 g/mol. The van der Waals surface area contributed by atoms with Crippen LogP contribution in [0.3, 0.4) is 0 Å². The highest BCUT2D eigenvalue weighted by Gasteiger charge is 2.11. The van der Waals surface area contributed by atoms with Crippen LogP contribution in [0.15, 0.2) is 60.8 Å². The van der Waals surface area contributed by atoms with E-state index in [9.17, 15) is 9.18 Å². The molecule has 0 amide bonds. The molecule has 3 rings (SSSR count). The summed E-state index contributed by atoms with van der Waals surface area (Å²) in [5, 5.41) is 12.2. The summed E-state index contributed by atoms with van der Waals surface area (Å²) in [7, 11) is 0. The Kier molecular flexibility index (Phi) is 5.43. The lowest BCUT2D eigenvalue weighted by Crippen LogP contribution is -2.07. The van der Waals surface area contributed by atoms with Crippen molar-refractivity contribution in [1.82, 2.24) is 4.98 Å². The first-order chi connectivity index (χ1) is 13.1. The first kappa shape index (κ1) is 18.1. The molecule has 1 aromatic heterocycles. The largest absolute Gasteiger partial charge is 0.439 e. The van der Waals surface area contributed by atoms with Gasteiger partial charge in [-0.25, -0.2) is 9.37 Å². The first-order valence-electron chi connectivity index (χ1n) is 8.23. The molecule has 6 heteroatoms. The SMILES string of the molecule is CC(=O)c1ccc(C#N)cc1NCc1cccnc1Oc1cccc(F)c1. The predicted octanol–water partition coefficient (Wildman–Crippen LogP) is 4.70. The van der Waals surface area contributed by atoms with Crippen LogP contribution in [0.5, 0.6) is 11.6 Å². The van der Waals surface area contributed by atoms with Crippen LogP contribution in [-0.4, -0.2) is 10.8 Å². The number of hydrogen-bond donors (Lipinski definition) is 1. The molecule has 134 valence electrons. The van der Waals surface area contributed by atoms with Crippen LogP contribution in [0.25, 0.3) is 0 Å². The molecule has 2 aromatic carbocycles. The fourth-order valence-corrected chi connectivity index (χ4v) is 2.55. The van der Waals surface area contributed by atoms with Crippen molar-refractivity contribution in [3.63, 3.8) is 0 Å². The van der Waals surface area contributed by atoms with E-state index in [2.05, 4.69) is 16.4 Å². The Labute approximate surface area is 156 Å². The molecule has 0 spiro atoms. The van der Waals surface area contributed by atoms with Crippen molar-refractivity contribution in [2.75, 3.05) is 5.32 Å². The third-order valence-electron chi connectivity index (χ3n) is 3.86. The maximum atomic E-state index is 13.4. The Balaban J connectivity index is 1.83. The number of Topliss-reactive ketones (excluding diaryl/α,β-unsaturated/α-hetero) is 1. The number of pyridine rings is 1. The molecule has 3 aromatic rings. The molecule has 0 radical (unpaired) electrons. The summed E-state index contributed by atoms with van der Waals surface area (Å²) in [5.41, 5.74) is 2.22. The van der Waals surface area contributed by atoms with Crippen LogP contribution >= 0.6 is 0 Å². The van der Waals surface area contributed by atoms with Crippen molar-refractivity contribution < 1.29 is 13.9 Å². The highest BCUT2D eigenvalue weighted by atomic mass is 19.1. The van der Waals surface area contributed by atoms with Gasteiger partial charge in [0.2, 0.25) is 5.88 Å². The molecule has 0 atom stereocenters. The molecule has 0 aliphatic rings. The minimum atomic E-state index is -0.400. The average Bonchev–Trinajstić information content (AvgIpc) is 2.67. The standard InChI is InChI=1S/C21H16FN3O2/c1-14(26)19-8-7-15(12-23)10-20(19)25-13-16-4-3-9-24-21(16)27-18-6-2-5-17(22)11-18/h2-11,25H,13H2,1H3. The minimum absolute atomic E-state index is 0.107. The van der Waals surface area contributed by atoms with E-state index in [4.69, 9.17) is 10.00 Å². The van der Waals surface area contributed by atoms with Crippen LogP contribution in [0, 0.1) is 17.1 Å². The quantitative estimate of drug-likeness (QED) is 0.644. The molecular weight excluding hydrogens is 345 g/mol. The van der Waals surface area contributed by atoms with Crippen LogP contribution in [-0.2, 0) is 6.54 Å². The summed E-state index contributed by atoms with van der Waals surface area (Å²) in [6.45, 7) is 1.78. The topological polar surface area (TPSA) is 75.0 Å². The maximum Gasteiger partial charge on any atom is 0.224 e. The van der Waals surface area contributed by atoms with E-state index in [0.717, 1.165) is 5.56 Å². The summed E-state index contributed by atoms with van der Waals surface area (Å²) in [6, 6.07) is 16.3. The van der Waals surface area contributed by atoms with E-state index in [-0.39, 0.29) is 5.78 Å².